The van der Waals surface area contributed by atoms with E-state index in [0.29, 0.717) is 6.10 Å². The van der Waals surface area contributed by atoms with Crippen molar-refractivity contribution in [2.45, 2.75) is 50.2 Å². The Morgan fingerprint density at radius 3 is 2.47 bits per heavy atom. The molecule has 0 spiro atoms. The van der Waals surface area contributed by atoms with Crippen LogP contribution in [0.3, 0.4) is 0 Å². The van der Waals surface area contributed by atoms with Gasteiger partial charge in [-0.15, -0.1) is 0 Å². The van der Waals surface area contributed by atoms with Gasteiger partial charge in [-0.05, 0) is 56.2 Å². The van der Waals surface area contributed by atoms with E-state index in [1.165, 1.54) is 12.8 Å². The van der Waals surface area contributed by atoms with Crippen molar-refractivity contribution in [2.24, 2.45) is 5.73 Å². The first-order valence-electron chi connectivity index (χ1n) is 6.96. The van der Waals surface area contributed by atoms with E-state index in [4.69, 9.17) is 15.2 Å². The molecule has 3 nitrogen and oxygen atoms in total. The maximum atomic E-state index is 6.28. The first-order chi connectivity index (χ1) is 9.12. The molecule has 0 amide bonds. The summed E-state index contributed by atoms with van der Waals surface area (Å²) in [5.74, 6) is 1.62. The van der Waals surface area contributed by atoms with E-state index in [1.54, 1.807) is 7.11 Å². The molecule has 0 atom stereocenters. The molecule has 2 saturated carbocycles. The molecule has 1 aromatic carbocycles. The predicted octanol–water partition coefficient (Wildman–Crippen LogP) is 3.73. The second-order valence-electron chi connectivity index (χ2n) is 5.66. The number of rotatable bonds is 4. The summed E-state index contributed by atoms with van der Waals surface area (Å²) in [7, 11) is 1.69. The molecule has 1 aromatic rings. The lowest BCUT2D eigenvalue weighted by molar-refractivity contribution is 0.200. The number of ether oxygens (including phenoxy) is 2. The fourth-order valence-electron chi connectivity index (χ4n) is 2.76. The maximum absolute atomic E-state index is 6.28. The van der Waals surface area contributed by atoms with Crippen LogP contribution in [0.1, 0.15) is 44.1 Å². The lowest BCUT2D eigenvalue weighted by atomic mass is 10.1. The van der Waals surface area contributed by atoms with Crippen molar-refractivity contribution in [3.8, 4) is 11.5 Å². The average Bonchev–Trinajstić information content (AvgIpc) is 2.92. The zero-order chi connectivity index (χ0) is 13.5. The van der Waals surface area contributed by atoms with E-state index < -0.39 is 0 Å². The highest BCUT2D eigenvalue weighted by atomic mass is 79.9. The Bertz CT molecular complexity index is 479. The van der Waals surface area contributed by atoms with Gasteiger partial charge in [0.05, 0.1) is 13.2 Å². The Balaban J connectivity index is 1.88. The molecule has 0 aliphatic heterocycles. The van der Waals surface area contributed by atoms with Crippen molar-refractivity contribution in [1.82, 2.24) is 0 Å². The van der Waals surface area contributed by atoms with E-state index in [1.807, 2.05) is 12.1 Å². The molecule has 0 saturated heterocycles. The van der Waals surface area contributed by atoms with Crippen molar-refractivity contribution in [2.75, 3.05) is 7.11 Å². The summed E-state index contributed by atoms with van der Waals surface area (Å²) in [6, 6.07) is 4.04. The number of benzene rings is 1. The molecule has 19 heavy (non-hydrogen) atoms. The zero-order valence-electron chi connectivity index (χ0n) is 11.2. The smallest absolute Gasteiger partial charge is 0.162 e. The molecule has 2 aliphatic carbocycles. The summed E-state index contributed by atoms with van der Waals surface area (Å²) in [6.07, 6.45) is 7.22. The van der Waals surface area contributed by atoms with Crippen LogP contribution >= 0.6 is 15.9 Å². The van der Waals surface area contributed by atoms with Gasteiger partial charge in [0.1, 0.15) is 0 Å². The van der Waals surface area contributed by atoms with Gasteiger partial charge in [-0.25, -0.2) is 0 Å². The summed E-state index contributed by atoms with van der Waals surface area (Å²) in [6.45, 7) is 0. The highest BCUT2D eigenvalue weighted by Gasteiger charge is 2.42. The van der Waals surface area contributed by atoms with E-state index in [9.17, 15) is 0 Å². The lowest BCUT2D eigenvalue weighted by Gasteiger charge is -2.19. The minimum atomic E-state index is -0.169. The maximum Gasteiger partial charge on any atom is 0.162 e. The monoisotopic (exact) mass is 325 g/mol. The number of hydrogen-bond acceptors (Lipinski definition) is 3. The molecule has 0 bridgehead atoms. The van der Waals surface area contributed by atoms with E-state index >= 15 is 0 Å². The Kier molecular flexibility index (Phi) is 3.48. The third-order valence-corrected chi connectivity index (χ3v) is 4.83. The summed E-state index contributed by atoms with van der Waals surface area (Å²) in [4.78, 5) is 0. The molecular formula is C15H20BrNO2. The molecule has 0 radical (unpaired) electrons. The van der Waals surface area contributed by atoms with Gasteiger partial charge in [-0.3, -0.25) is 0 Å². The number of halogens is 1. The summed E-state index contributed by atoms with van der Waals surface area (Å²) < 4.78 is 12.6. The molecule has 0 aromatic heterocycles. The fourth-order valence-corrected chi connectivity index (χ4v) is 3.48. The minimum absolute atomic E-state index is 0.169. The first-order valence-corrected chi connectivity index (χ1v) is 7.75. The highest BCUT2D eigenvalue weighted by molar-refractivity contribution is 9.10. The van der Waals surface area contributed by atoms with E-state index in [-0.39, 0.29) is 5.54 Å². The largest absolute Gasteiger partial charge is 0.493 e. The Labute approximate surface area is 122 Å². The van der Waals surface area contributed by atoms with Crippen LogP contribution in [0.4, 0.5) is 0 Å². The number of hydrogen-bond donors (Lipinski definition) is 1. The van der Waals surface area contributed by atoms with Crippen LogP contribution in [-0.2, 0) is 5.54 Å². The zero-order valence-corrected chi connectivity index (χ0v) is 12.8. The van der Waals surface area contributed by atoms with Crippen molar-refractivity contribution >= 4 is 15.9 Å². The molecule has 2 fully saturated rings. The van der Waals surface area contributed by atoms with Gasteiger partial charge >= 0.3 is 0 Å². The van der Waals surface area contributed by atoms with Crippen molar-refractivity contribution in [1.29, 1.82) is 0 Å². The van der Waals surface area contributed by atoms with Gasteiger partial charge in [-0.2, -0.15) is 0 Å². The summed E-state index contributed by atoms with van der Waals surface area (Å²) in [5.41, 5.74) is 7.24. The van der Waals surface area contributed by atoms with E-state index in [2.05, 4.69) is 15.9 Å². The molecule has 0 unspecified atom stereocenters. The number of nitrogens with two attached hydrogens (primary N) is 1. The molecule has 0 heterocycles. The van der Waals surface area contributed by atoms with E-state index in [0.717, 1.165) is 47.2 Å². The van der Waals surface area contributed by atoms with Crippen molar-refractivity contribution in [3.63, 3.8) is 0 Å². The predicted molar refractivity (Wildman–Crippen MR) is 78.7 cm³/mol. The fraction of sp³-hybridized carbons (Fsp3) is 0.600. The lowest BCUT2D eigenvalue weighted by Crippen LogP contribution is -2.20. The van der Waals surface area contributed by atoms with Gasteiger partial charge in [0.15, 0.2) is 11.5 Å². The topological polar surface area (TPSA) is 44.5 Å². The summed E-state index contributed by atoms with van der Waals surface area (Å²) >= 11 is 3.62. The molecule has 2 N–H and O–H groups in total. The van der Waals surface area contributed by atoms with Crippen LogP contribution in [0, 0.1) is 0 Å². The van der Waals surface area contributed by atoms with Gasteiger partial charge in [0, 0.05) is 10.0 Å². The van der Waals surface area contributed by atoms with Crippen molar-refractivity contribution in [3.05, 3.63) is 22.2 Å². The Morgan fingerprint density at radius 1 is 1.21 bits per heavy atom. The Morgan fingerprint density at radius 2 is 1.89 bits per heavy atom. The molecule has 4 heteroatoms. The number of methoxy groups -OCH3 is 1. The normalized spacial score (nSPS) is 21.4. The second-order valence-corrected chi connectivity index (χ2v) is 6.52. The first kappa shape index (κ1) is 13.3. The van der Waals surface area contributed by atoms with Gasteiger partial charge < -0.3 is 15.2 Å². The quantitative estimate of drug-likeness (QED) is 0.917. The second kappa shape index (κ2) is 4.98. The van der Waals surface area contributed by atoms with Crippen LogP contribution < -0.4 is 15.2 Å². The Hall–Kier alpha value is -0.740. The third-order valence-electron chi connectivity index (χ3n) is 4.17. The van der Waals surface area contributed by atoms with Crippen LogP contribution in [-0.4, -0.2) is 13.2 Å². The van der Waals surface area contributed by atoms with Crippen LogP contribution in [0.25, 0.3) is 0 Å². The highest BCUT2D eigenvalue weighted by Crippen LogP contribution is 2.48. The van der Waals surface area contributed by atoms with Gasteiger partial charge in [0.2, 0.25) is 0 Å². The van der Waals surface area contributed by atoms with Crippen LogP contribution in [0.2, 0.25) is 0 Å². The third kappa shape index (κ3) is 2.61. The van der Waals surface area contributed by atoms with Gasteiger partial charge in [-0.1, -0.05) is 15.9 Å². The average molecular weight is 326 g/mol. The standard InChI is InChI=1S/C15H20BrNO2/c1-18-13-8-11(15(17)6-7-15)12(16)9-14(13)19-10-4-2-3-5-10/h8-10H,2-7,17H2,1H3. The SMILES string of the molecule is COc1cc(C2(N)CC2)c(Br)cc1OC1CCCC1. The van der Waals surface area contributed by atoms with Crippen molar-refractivity contribution < 1.29 is 9.47 Å². The molecule has 3 rings (SSSR count). The molecular weight excluding hydrogens is 306 g/mol. The molecule has 104 valence electrons. The summed E-state index contributed by atoms with van der Waals surface area (Å²) in [5, 5.41) is 0. The molecule has 2 aliphatic rings. The minimum Gasteiger partial charge on any atom is -0.493 e. The van der Waals surface area contributed by atoms with Crippen LogP contribution in [0.5, 0.6) is 11.5 Å². The van der Waals surface area contributed by atoms with Crippen LogP contribution in [0.15, 0.2) is 16.6 Å². The van der Waals surface area contributed by atoms with Gasteiger partial charge in [0.25, 0.3) is 0 Å².